The molecule has 0 saturated carbocycles. The van der Waals surface area contributed by atoms with Crippen molar-refractivity contribution in [3.05, 3.63) is 34.7 Å². The van der Waals surface area contributed by atoms with Crippen LogP contribution in [-0.4, -0.2) is 17.7 Å². The summed E-state index contributed by atoms with van der Waals surface area (Å²) < 4.78 is 4.83. The van der Waals surface area contributed by atoms with Crippen molar-refractivity contribution >= 4 is 23.1 Å². The molecule has 0 saturated heterocycles. The van der Waals surface area contributed by atoms with Gasteiger partial charge in [-0.25, -0.2) is 9.78 Å². The largest absolute Gasteiger partial charge is 0.450 e. The highest BCUT2D eigenvalue weighted by molar-refractivity contribution is 7.09. The Hall–Kier alpha value is -1.88. The van der Waals surface area contributed by atoms with E-state index in [0.717, 1.165) is 16.3 Å². The smallest absolute Gasteiger partial charge is 0.411 e. The van der Waals surface area contributed by atoms with Crippen molar-refractivity contribution in [2.75, 3.05) is 11.9 Å². The zero-order valence-corrected chi connectivity index (χ0v) is 11.1. The number of nitrogens with zero attached hydrogens (tertiary/aromatic N) is 1. The van der Waals surface area contributed by atoms with Gasteiger partial charge in [0, 0.05) is 16.6 Å². The summed E-state index contributed by atoms with van der Waals surface area (Å²) in [6.45, 7) is 4.10. The van der Waals surface area contributed by atoms with Crippen molar-refractivity contribution in [3.63, 3.8) is 0 Å². The van der Waals surface area contributed by atoms with Gasteiger partial charge in [0.05, 0.1) is 17.3 Å². The number of aryl methyl sites for hydroxylation is 1. The highest BCUT2D eigenvalue weighted by Crippen LogP contribution is 2.24. The van der Waals surface area contributed by atoms with Crippen LogP contribution in [0.15, 0.2) is 29.6 Å². The summed E-state index contributed by atoms with van der Waals surface area (Å²) in [6.07, 6.45) is -0.441. The zero-order valence-electron chi connectivity index (χ0n) is 10.3. The van der Waals surface area contributed by atoms with Crippen LogP contribution < -0.4 is 5.32 Å². The third kappa shape index (κ3) is 3.07. The number of benzene rings is 1. The van der Waals surface area contributed by atoms with Gasteiger partial charge in [0.25, 0.3) is 0 Å². The Balaban J connectivity index is 2.17. The topological polar surface area (TPSA) is 51.2 Å². The maximum atomic E-state index is 11.3. The van der Waals surface area contributed by atoms with Crippen LogP contribution in [0.4, 0.5) is 10.5 Å². The second-order valence-electron chi connectivity index (χ2n) is 3.68. The Morgan fingerprint density at radius 2 is 2.33 bits per heavy atom. The van der Waals surface area contributed by atoms with Crippen LogP contribution in [0.3, 0.4) is 0 Å². The van der Waals surface area contributed by atoms with Crippen molar-refractivity contribution in [2.24, 2.45) is 0 Å². The molecule has 1 aromatic heterocycles. The quantitative estimate of drug-likeness (QED) is 0.917. The first-order valence-corrected chi connectivity index (χ1v) is 6.53. The lowest BCUT2D eigenvalue weighted by molar-refractivity contribution is 0.168. The van der Waals surface area contributed by atoms with Crippen LogP contribution in [0.1, 0.15) is 11.9 Å². The number of carbonyl (C=O) groups excluding carboxylic acids is 1. The first kappa shape index (κ1) is 12.6. The van der Waals surface area contributed by atoms with Crippen LogP contribution in [0.5, 0.6) is 0 Å². The fourth-order valence-electron chi connectivity index (χ4n) is 1.54. The fourth-order valence-corrected chi connectivity index (χ4v) is 2.16. The van der Waals surface area contributed by atoms with Crippen LogP contribution >= 0.6 is 11.3 Å². The average molecular weight is 262 g/mol. The summed E-state index contributed by atoms with van der Waals surface area (Å²) in [4.78, 5) is 15.7. The molecule has 18 heavy (non-hydrogen) atoms. The Morgan fingerprint density at radius 3 is 3.00 bits per heavy atom. The maximum Gasteiger partial charge on any atom is 0.411 e. The molecule has 1 N–H and O–H groups in total. The predicted octanol–water partition coefficient (Wildman–Crippen LogP) is 3.69. The molecule has 2 rings (SSSR count). The summed E-state index contributed by atoms with van der Waals surface area (Å²) in [6, 6.07) is 7.54. The number of hydrogen-bond donors (Lipinski definition) is 1. The van der Waals surface area contributed by atoms with E-state index in [-0.39, 0.29) is 0 Å². The molecule has 0 unspecified atom stereocenters. The van der Waals surface area contributed by atoms with Crippen molar-refractivity contribution in [2.45, 2.75) is 13.8 Å². The highest BCUT2D eigenvalue weighted by Gasteiger charge is 2.05. The maximum absolute atomic E-state index is 11.3. The molecular weight excluding hydrogens is 248 g/mol. The van der Waals surface area contributed by atoms with E-state index in [1.165, 1.54) is 0 Å². The van der Waals surface area contributed by atoms with Crippen molar-refractivity contribution in [1.29, 1.82) is 0 Å². The summed E-state index contributed by atoms with van der Waals surface area (Å²) in [5.74, 6) is 0. The molecule has 0 spiro atoms. The molecule has 0 aliphatic heterocycles. The molecule has 1 amide bonds. The van der Waals surface area contributed by atoms with E-state index in [2.05, 4.69) is 10.3 Å². The van der Waals surface area contributed by atoms with E-state index < -0.39 is 6.09 Å². The first-order chi connectivity index (χ1) is 8.69. The predicted molar refractivity (Wildman–Crippen MR) is 72.9 cm³/mol. The Morgan fingerprint density at radius 1 is 1.50 bits per heavy atom. The van der Waals surface area contributed by atoms with E-state index >= 15 is 0 Å². The van der Waals surface area contributed by atoms with E-state index in [1.54, 1.807) is 18.3 Å². The minimum atomic E-state index is -0.441. The van der Waals surface area contributed by atoms with Gasteiger partial charge in [0.15, 0.2) is 0 Å². The Kier molecular flexibility index (Phi) is 3.94. The van der Waals surface area contributed by atoms with Gasteiger partial charge in [0.2, 0.25) is 0 Å². The van der Waals surface area contributed by atoms with E-state index in [0.29, 0.717) is 12.3 Å². The molecule has 0 aliphatic rings. The van der Waals surface area contributed by atoms with Crippen LogP contribution in [0.25, 0.3) is 11.3 Å². The highest BCUT2D eigenvalue weighted by atomic mass is 32.1. The molecule has 1 aromatic carbocycles. The monoisotopic (exact) mass is 262 g/mol. The van der Waals surface area contributed by atoms with E-state index in [1.807, 2.05) is 36.6 Å². The molecule has 0 fully saturated rings. The van der Waals surface area contributed by atoms with Crippen LogP contribution in [0.2, 0.25) is 0 Å². The molecular formula is C13H14N2O2S. The Bertz CT molecular complexity index is 551. The number of hydrogen-bond acceptors (Lipinski definition) is 4. The van der Waals surface area contributed by atoms with Gasteiger partial charge in [-0.2, -0.15) is 0 Å². The fraction of sp³-hybridized carbons (Fsp3) is 0.231. The molecule has 1 heterocycles. The molecule has 94 valence electrons. The van der Waals surface area contributed by atoms with Gasteiger partial charge in [-0.1, -0.05) is 12.1 Å². The summed E-state index contributed by atoms with van der Waals surface area (Å²) in [7, 11) is 0. The van der Waals surface area contributed by atoms with E-state index in [9.17, 15) is 4.79 Å². The summed E-state index contributed by atoms with van der Waals surface area (Å²) in [5, 5.41) is 5.70. The standard InChI is InChI=1S/C13H14N2O2S/c1-3-17-13(16)15-11-6-4-5-10(7-11)12-8-18-9(2)14-12/h4-8H,3H2,1-2H3,(H,15,16). The number of nitrogens with one attached hydrogen (secondary N) is 1. The summed E-state index contributed by atoms with van der Waals surface area (Å²) in [5.41, 5.74) is 2.61. The van der Waals surface area contributed by atoms with Crippen molar-refractivity contribution in [3.8, 4) is 11.3 Å². The van der Waals surface area contributed by atoms with Gasteiger partial charge in [-0.05, 0) is 26.0 Å². The number of carbonyl (C=O) groups is 1. The van der Waals surface area contributed by atoms with Gasteiger partial charge in [-0.3, -0.25) is 5.32 Å². The van der Waals surface area contributed by atoms with Crippen molar-refractivity contribution < 1.29 is 9.53 Å². The third-order valence-corrected chi connectivity index (χ3v) is 3.07. The molecule has 5 heteroatoms. The molecule has 0 radical (unpaired) electrons. The average Bonchev–Trinajstić information content (AvgIpc) is 2.76. The SMILES string of the molecule is CCOC(=O)Nc1cccc(-c2csc(C)n2)c1. The zero-order chi connectivity index (χ0) is 13.0. The van der Waals surface area contributed by atoms with Gasteiger partial charge >= 0.3 is 6.09 Å². The molecule has 0 atom stereocenters. The van der Waals surface area contributed by atoms with Crippen LogP contribution in [0, 0.1) is 6.92 Å². The molecule has 0 aliphatic carbocycles. The lowest BCUT2D eigenvalue weighted by atomic mass is 10.1. The lowest BCUT2D eigenvalue weighted by Crippen LogP contribution is -2.13. The van der Waals surface area contributed by atoms with Gasteiger partial charge in [0.1, 0.15) is 0 Å². The molecule has 0 bridgehead atoms. The summed E-state index contributed by atoms with van der Waals surface area (Å²) >= 11 is 1.60. The minimum absolute atomic E-state index is 0.358. The lowest BCUT2D eigenvalue weighted by Gasteiger charge is -2.06. The number of amides is 1. The first-order valence-electron chi connectivity index (χ1n) is 5.65. The second-order valence-corrected chi connectivity index (χ2v) is 4.74. The van der Waals surface area contributed by atoms with E-state index in [4.69, 9.17) is 4.74 Å². The number of thiazole rings is 1. The normalized spacial score (nSPS) is 10.1. The number of rotatable bonds is 3. The third-order valence-electron chi connectivity index (χ3n) is 2.30. The second kappa shape index (κ2) is 5.64. The van der Waals surface area contributed by atoms with Gasteiger partial charge < -0.3 is 4.74 Å². The number of ether oxygens (including phenoxy) is 1. The van der Waals surface area contributed by atoms with Crippen molar-refractivity contribution in [1.82, 2.24) is 4.98 Å². The molecule has 4 nitrogen and oxygen atoms in total. The number of aromatic nitrogens is 1. The minimum Gasteiger partial charge on any atom is -0.450 e. The van der Waals surface area contributed by atoms with Gasteiger partial charge in [-0.15, -0.1) is 11.3 Å². The molecule has 2 aromatic rings. The van der Waals surface area contributed by atoms with Crippen LogP contribution in [-0.2, 0) is 4.74 Å². The number of anilines is 1. The Labute approximate surface area is 110 Å².